The molecule has 0 spiro atoms. The van der Waals surface area contributed by atoms with Crippen molar-refractivity contribution in [2.24, 2.45) is 0 Å². The molecule has 3 rings (SSSR count). The molecule has 0 saturated heterocycles. The van der Waals surface area contributed by atoms with Gasteiger partial charge in [0.2, 0.25) is 5.95 Å². The molecule has 32 heavy (non-hydrogen) atoms. The van der Waals surface area contributed by atoms with Crippen LogP contribution in [-0.2, 0) is 4.74 Å². The lowest BCUT2D eigenvalue weighted by Gasteiger charge is -2.27. The van der Waals surface area contributed by atoms with Gasteiger partial charge in [-0.1, -0.05) is 12.1 Å². The first-order chi connectivity index (χ1) is 14.9. The summed E-state index contributed by atoms with van der Waals surface area (Å²) in [5, 5.41) is -0.420. The second-order valence-electron chi connectivity index (χ2n) is 7.95. The van der Waals surface area contributed by atoms with E-state index in [0.29, 0.717) is 6.07 Å². The summed E-state index contributed by atoms with van der Waals surface area (Å²) in [5.41, 5.74) is -2.90. The summed E-state index contributed by atoms with van der Waals surface area (Å²) < 4.78 is 61.2. The van der Waals surface area contributed by atoms with Gasteiger partial charge in [0.25, 0.3) is 12.0 Å². The van der Waals surface area contributed by atoms with Gasteiger partial charge >= 0.3 is 6.09 Å². The molecule has 0 saturated carbocycles. The zero-order valence-electron chi connectivity index (χ0n) is 17.8. The molecule has 6 nitrogen and oxygen atoms in total. The van der Waals surface area contributed by atoms with E-state index in [4.69, 9.17) is 4.74 Å². The Balaban J connectivity index is 2.41. The number of anilines is 1. The van der Waals surface area contributed by atoms with Gasteiger partial charge in [0.1, 0.15) is 17.2 Å². The molecule has 1 amide bonds. The van der Waals surface area contributed by atoms with Gasteiger partial charge in [-0.2, -0.15) is 0 Å². The maximum absolute atomic E-state index is 14.0. The third kappa shape index (κ3) is 4.58. The first-order valence-electron chi connectivity index (χ1n) is 9.73. The maximum atomic E-state index is 14.0. The summed E-state index contributed by atoms with van der Waals surface area (Å²) in [7, 11) is 0. The largest absolute Gasteiger partial charge is 0.443 e. The second-order valence-corrected chi connectivity index (χ2v) is 7.95. The number of ether oxygens (including phenoxy) is 1. The highest BCUT2D eigenvalue weighted by molar-refractivity contribution is 5.89. The number of hydrogen-bond acceptors (Lipinski definition) is 4. The fourth-order valence-electron chi connectivity index (χ4n) is 3.18. The van der Waals surface area contributed by atoms with Crippen molar-refractivity contribution in [3.8, 4) is 5.69 Å². The Morgan fingerprint density at radius 3 is 2.31 bits per heavy atom. The van der Waals surface area contributed by atoms with Crippen LogP contribution in [0.15, 0.2) is 41.2 Å². The Morgan fingerprint density at radius 1 is 1.16 bits per heavy atom. The number of rotatable bonds is 4. The number of hydrogen-bond donors (Lipinski definition) is 0. The van der Waals surface area contributed by atoms with Crippen molar-refractivity contribution in [3.63, 3.8) is 0 Å². The number of halogens is 4. The summed E-state index contributed by atoms with van der Waals surface area (Å²) in [4.78, 5) is 31.4. The van der Waals surface area contributed by atoms with E-state index < -0.39 is 46.3 Å². The summed E-state index contributed by atoms with van der Waals surface area (Å²) in [6.07, 6.45) is -3.87. The van der Waals surface area contributed by atoms with E-state index in [9.17, 15) is 27.2 Å². The number of alkyl halides is 2. The highest BCUT2D eigenvalue weighted by Crippen LogP contribution is 2.28. The first-order valence-corrected chi connectivity index (χ1v) is 9.73. The molecule has 0 radical (unpaired) electrons. The van der Waals surface area contributed by atoms with Crippen LogP contribution in [0.3, 0.4) is 0 Å². The van der Waals surface area contributed by atoms with E-state index in [2.05, 4.69) is 4.98 Å². The third-order valence-corrected chi connectivity index (χ3v) is 4.42. The van der Waals surface area contributed by atoms with Crippen molar-refractivity contribution in [2.45, 2.75) is 39.7 Å². The van der Waals surface area contributed by atoms with Gasteiger partial charge in [0.15, 0.2) is 0 Å². The number of fused-ring (bicyclic) bond motifs is 1. The van der Waals surface area contributed by atoms with E-state index in [0.717, 1.165) is 27.7 Å². The number of aromatic nitrogens is 2. The molecule has 0 aliphatic carbocycles. The minimum absolute atomic E-state index is 0.0286. The molecular weight excluding hydrogens is 430 g/mol. The molecule has 3 aromatic rings. The van der Waals surface area contributed by atoms with E-state index in [-0.39, 0.29) is 23.7 Å². The van der Waals surface area contributed by atoms with Crippen molar-refractivity contribution < 1.29 is 27.1 Å². The summed E-state index contributed by atoms with van der Waals surface area (Å²) in [5.74, 6) is -2.32. The zero-order chi connectivity index (χ0) is 23.8. The Bertz CT molecular complexity index is 1220. The Hall–Kier alpha value is -3.43. The number of carbonyl (C=O) groups excluding carboxylic acids is 1. The van der Waals surface area contributed by atoms with Gasteiger partial charge in [-0.25, -0.2) is 36.8 Å². The van der Waals surface area contributed by atoms with Gasteiger partial charge in [0, 0.05) is 18.2 Å². The SMILES string of the molecule is CCN(C(=O)OC(C)(C)C)c1nc2cccc(C(F)F)c2c(=O)n1-c1cc(F)cc(F)c1. The van der Waals surface area contributed by atoms with Crippen molar-refractivity contribution in [1.29, 1.82) is 0 Å². The van der Waals surface area contributed by atoms with E-state index in [1.165, 1.54) is 12.1 Å². The second kappa shape index (κ2) is 8.60. The van der Waals surface area contributed by atoms with Gasteiger partial charge in [-0.3, -0.25) is 4.79 Å². The lowest BCUT2D eigenvalue weighted by atomic mass is 10.1. The van der Waals surface area contributed by atoms with Crippen LogP contribution < -0.4 is 10.5 Å². The number of amides is 1. The van der Waals surface area contributed by atoms with Crippen molar-refractivity contribution in [1.82, 2.24) is 9.55 Å². The minimum atomic E-state index is -3.00. The third-order valence-electron chi connectivity index (χ3n) is 4.42. The number of carbonyl (C=O) groups is 1. The predicted octanol–water partition coefficient (Wildman–Crippen LogP) is 5.36. The summed E-state index contributed by atoms with van der Waals surface area (Å²) >= 11 is 0. The molecular formula is C22H21F4N3O3. The van der Waals surface area contributed by atoms with Crippen LogP contribution in [0.5, 0.6) is 0 Å². The van der Waals surface area contributed by atoms with Gasteiger partial charge < -0.3 is 4.74 Å². The van der Waals surface area contributed by atoms with Crippen molar-refractivity contribution >= 4 is 22.9 Å². The molecule has 0 aliphatic heterocycles. The number of benzene rings is 2. The molecule has 0 N–H and O–H groups in total. The highest BCUT2D eigenvalue weighted by Gasteiger charge is 2.28. The Labute approximate surface area is 181 Å². The van der Waals surface area contributed by atoms with Crippen LogP contribution in [0, 0.1) is 11.6 Å². The molecule has 10 heteroatoms. The zero-order valence-corrected chi connectivity index (χ0v) is 17.8. The van der Waals surface area contributed by atoms with Crippen LogP contribution in [0.1, 0.15) is 39.7 Å². The lowest BCUT2D eigenvalue weighted by molar-refractivity contribution is 0.0579. The maximum Gasteiger partial charge on any atom is 0.417 e. The quantitative estimate of drug-likeness (QED) is 0.501. The number of nitrogens with zero attached hydrogens (tertiary/aromatic N) is 3. The molecule has 170 valence electrons. The average Bonchev–Trinajstić information content (AvgIpc) is 2.65. The summed E-state index contributed by atoms with van der Waals surface area (Å²) in [6.45, 7) is 6.45. The van der Waals surface area contributed by atoms with Gasteiger partial charge in [-0.05, 0) is 45.9 Å². The first kappa shape index (κ1) is 23.2. The van der Waals surface area contributed by atoms with Crippen LogP contribution in [0.25, 0.3) is 16.6 Å². The van der Waals surface area contributed by atoms with Crippen LogP contribution in [0.4, 0.5) is 28.3 Å². The van der Waals surface area contributed by atoms with Crippen LogP contribution in [-0.4, -0.2) is 27.8 Å². The van der Waals surface area contributed by atoms with Crippen LogP contribution >= 0.6 is 0 Å². The van der Waals surface area contributed by atoms with Gasteiger partial charge in [0.05, 0.1) is 16.6 Å². The normalized spacial score (nSPS) is 11.8. The summed E-state index contributed by atoms with van der Waals surface area (Å²) in [6, 6.07) is 5.99. The van der Waals surface area contributed by atoms with E-state index >= 15 is 0 Å². The van der Waals surface area contributed by atoms with Gasteiger partial charge in [-0.15, -0.1) is 0 Å². The van der Waals surface area contributed by atoms with Crippen molar-refractivity contribution in [2.75, 3.05) is 11.4 Å². The molecule has 0 fully saturated rings. The molecule has 0 unspecified atom stereocenters. The molecule has 2 aromatic carbocycles. The van der Waals surface area contributed by atoms with E-state index in [1.807, 2.05) is 0 Å². The monoisotopic (exact) mass is 451 g/mol. The molecule has 0 atom stereocenters. The Kier molecular flexibility index (Phi) is 6.25. The molecule has 1 aromatic heterocycles. The minimum Gasteiger partial charge on any atom is -0.443 e. The van der Waals surface area contributed by atoms with Crippen LogP contribution in [0.2, 0.25) is 0 Å². The fraction of sp³-hybridized carbons (Fsp3) is 0.318. The smallest absolute Gasteiger partial charge is 0.417 e. The molecule has 1 heterocycles. The standard InChI is InChI=1S/C22H21F4N3O3/c1-5-28(21(31)32-22(2,3)4)20-27-16-8-6-7-15(18(25)26)17(16)19(30)29(20)14-10-12(23)9-13(24)11-14/h6-11,18H,5H2,1-4H3. The Morgan fingerprint density at radius 2 is 1.78 bits per heavy atom. The average molecular weight is 451 g/mol. The molecule has 0 aliphatic rings. The fourth-order valence-corrected chi connectivity index (χ4v) is 3.18. The predicted molar refractivity (Wildman–Crippen MR) is 111 cm³/mol. The topological polar surface area (TPSA) is 64.4 Å². The highest BCUT2D eigenvalue weighted by atomic mass is 19.3. The molecule has 0 bridgehead atoms. The van der Waals surface area contributed by atoms with Crippen molar-refractivity contribution in [3.05, 3.63) is 63.9 Å². The van der Waals surface area contributed by atoms with E-state index in [1.54, 1.807) is 27.7 Å². The lowest BCUT2D eigenvalue weighted by Crippen LogP contribution is -2.40.